The van der Waals surface area contributed by atoms with Crippen molar-refractivity contribution in [3.63, 3.8) is 0 Å². The molecule has 98 valence electrons. The first-order valence-corrected chi connectivity index (χ1v) is 6.00. The summed E-state index contributed by atoms with van der Waals surface area (Å²) in [5.74, 6) is -1.47. The molecule has 0 aliphatic heterocycles. The van der Waals surface area contributed by atoms with Gasteiger partial charge in [-0.25, -0.2) is 0 Å². The summed E-state index contributed by atoms with van der Waals surface area (Å²) in [6.07, 6.45) is 0. The summed E-state index contributed by atoms with van der Waals surface area (Å²) >= 11 is 5.93. The molecule has 0 aliphatic rings. The van der Waals surface area contributed by atoms with E-state index in [0.29, 0.717) is 22.1 Å². The number of hydrogen-bond acceptors (Lipinski definition) is 3. The van der Waals surface area contributed by atoms with Gasteiger partial charge in [-0.3, -0.25) is 4.79 Å². The van der Waals surface area contributed by atoms with Crippen molar-refractivity contribution in [3.8, 4) is 5.69 Å². The van der Waals surface area contributed by atoms with Gasteiger partial charge in [-0.05, 0) is 32.0 Å². The summed E-state index contributed by atoms with van der Waals surface area (Å²) in [4.78, 5) is 22.7. The maximum atomic E-state index is 11.7. The van der Waals surface area contributed by atoms with Crippen molar-refractivity contribution in [3.05, 3.63) is 62.5 Å². The van der Waals surface area contributed by atoms with Crippen molar-refractivity contribution in [1.29, 1.82) is 0 Å². The Bertz CT molecular complexity index is 725. The number of carboxylic acids is 1. The standard InChI is InChI=1S/C14H12ClNO3.Na/c1-8-6-12(17)13(14(18)19)9(2)16(8)11-5-3-4-10(15)7-11;/h3-7H,1-2H3,(H,18,19);/q;+1/p-1. The molecule has 0 atom stereocenters. The zero-order valence-corrected chi connectivity index (χ0v) is 14.2. The number of aromatic nitrogens is 1. The molecule has 1 heterocycles. The van der Waals surface area contributed by atoms with Gasteiger partial charge in [0.1, 0.15) is 0 Å². The minimum atomic E-state index is -1.47. The van der Waals surface area contributed by atoms with Gasteiger partial charge in [-0.2, -0.15) is 0 Å². The van der Waals surface area contributed by atoms with E-state index in [1.165, 1.54) is 6.07 Å². The van der Waals surface area contributed by atoms with Crippen LogP contribution in [-0.2, 0) is 0 Å². The van der Waals surface area contributed by atoms with Gasteiger partial charge < -0.3 is 14.5 Å². The molecule has 0 N–H and O–H groups in total. The molecule has 6 heteroatoms. The molecule has 0 amide bonds. The van der Waals surface area contributed by atoms with Crippen LogP contribution >= 0.6 is 11.6 Å². The molecular formula is C14H11ClNNaO3. The van der Waals surface area contributed by atoms with E-state index in [1.54, 1.807) is 42.7 Å². The van der Waals surface area contributed by atoms with Crippen molar-refractivity contribution >= 4 is 17.6 Å². The van der Waals surface area contributed by atoms with Crippen LogP contribution in [0.4, 0.5) is 0 Å². The SMILES string of the molecule is Cc1cc(=O)c(C(=O)[O-])c(C)n1-c1cccc(Cl)c1.[Na+]. The van der Waals surface area contributed by atoms with Gasteiger partial charge in [0.2, 0.25) is 0 Å². The number of carbonyl (C=O) groups excluding carboxylic acids is 1. The van der Waals surface area contributed by atoms with Crippen LogP contribution in [0.2, 0.25) is 5.02 Å². The summed E-state index contributed by atoms with van der Waals surface area (Å²) in [7, 11) is 0. The van der Waals surface area contributed by atoms with E-state index in [9.17, 15) is 14.7 Å². The fourth-order valence-electron chi connectivity index (χ4n) is 2.14. The van der Waals surface area contributed by atoms with Crippen LogP contribution in [0.25, 0.3) is 5.69 Å². The number of benzene rings is 1. The zero-order chi connectivity index (χ0) is 14.2. The second-order valence-corrected chi connectivity index (χ2v) is 4.65. The van der Waals surface area contributed by atoms with Crippen molar-refractivity contribution in [1.82, 2.24) is 4.57 Å². The van der Waals surface area contributed by atoms with Crippen LogP contribution in [0.15, 0.2) is 35.1 Å². The Labute approximate surface area is 143 Å². The van der Waals surface area contributed by atoms with Gasteiger partial charge in [0.25, 0.3) is 0 Å². The number of pyridine rings is 1. The number of carboxylic acid groups (broad SMARTS) is 1. The molecule has 1 aromatic carbocycles. The van der Waals surface area contributed by atoms with Crippen LogP contribution in [0.3, 0.4) is 0 Å². The summed E-state index contributed by atoms with van der Waals surface area (Å²) in [6, 6.07) is 8.24. The van der Waals surface area contributed by atoms with Crippen LogP contribution in [0.1, 0.15) is 21.7 Å². The summed E-state index contributed by atoms with van der Waals surface area (Å²) in [6.45, 7) is 3.30. The summed E-state index contributed by atoms with van der Waals surface area (Å²) in [5.41, 5.74) is 0.783. The molecule has 0 saturated heterocycles. The quantitative estimate of drug-likeness (QED) is 0.633. The average Bonchev–Trinajstić information content (AvgIpc) is 2.27. The molecule has 1 aromatic heterocycles. The second kappa shape index (κ2) is 6.59. The fraction of sp³-hybridized carbons (Fsp3) is 0.143. The summed E-state index contributed by atoms with van der Waals surface area (Å²) < 4.78 is 1.67. The first kappa shape index (κ1) is 17.0. The van der Waals surface area contributed by atoms with Crippen LogP contribution in [0.5, 0.6) is 0 Å². The Morgan fingerprint density at radius 2 is 1.90 bits per heavy atom. The van der Waals surface area contributed by atoms with Gasteiger partial charge >= 0.3 is 29.6 Å². The predicted molar refractivity (Wildman–Crippen MR) is 70.9 cm³/mol. The van der Waals surface area contributed by atoms with E-state index >= 15 is 0 Å². The maximum absolute atomic E-state index is 11.7. The molecular weight excluding hydrogens is 289 g/mol. The minimum Gasteiger partial charge on any atom is -0.545 e. The third-order valence-electron chi connectivity index (χ3n) is 2.91. The van der Waals surface area contributed by atoms with Crippen molar-refractivity contribution in [2.45, 2.75) is 13.8 Å². The molecule has 0 saturated carbocycles. The molecule has 0 unspecified atom stereocenters. The van der Waals surface area contributed by atoms with Crippen LogP contribution < -0.4 is 40.1 Å². The first-order valence-electron chi connectivity index (χ1n) is 5.62. The topological polar surface area (TPSA) is 62.1 Å². The number of halogens is 1. The van der Waals surface area contributed by atoms with Gasteiger partial charge in [-0.15, -0.1) is 0 Å². The van der Waals surface area contributed by atoms with E-state index in [2.05, 4.69) is 0 Å². The van der Waals surface area contributed by atoms with Gasteiger partial charge in [0.15, 0.2) is 5.43 Å². The average molecular weight is 300 g/mol. The molecule has 0 fully saturated rings. The zero-order valence-electron chi connectivity index (χ0n) is 11.4. The third-order valence-corrected chi connectivity index (χ3v) is 3.14. The maximum Gasteiger partial charge on any atom is 1.00 e. The van der Waals surface area contributed by atoms with E-state index in [0.717, 1.165) is 0 Å². The first-order chi connectivity index (χ1) is 8.91. The Morgan fingerprint density at radius 3 is 2.45 bits per heavy atom. The Kier molecular flexibility index (Phi) is 5.59. The van der Waals surface area contributed by atoms with Crippen molar-refractivity contribution in [2.75, 3.05) is 0 Å². The molecule has 20 heavy (non-hydrogen) atoms. The predicted octanol–water partition coefficient (Wildman–Crippen LogP) is -1.52. The van der Waals surface area contributed by atoms with E-state index in [-0.39, 0.29) is 35.1 Å². The third kappa shape index (κ3) is 3.15. The van der Waals surface area contributed by atoms with Crippen LogP contribution in [0, 0.1) is 13.8 Å². The molecule has 2 rings (SSSR count). The summed E-state index contributed by atoms with van der Waals surface area (Å²) in [5, 5.41) is 11.6. The Balaban J connectivity index is 0.00000200. The Hall–Kier alpha value is -1.07. The van der Waals surface area contributed by atoms with E-state index in [4.69, 9.17) is 11.6 Å². The number of rotatable bonds is 2. The van der Waals surface area contributed by atoms with E-state index in [1.807, 2.05) is 0 Å². The number of nitrogens with zero attached hydrogens (tertiary/aromatic N) is 1. The van der Waals surface area contributed by atoms with E-state index < -0.39 is 11.4 Å². The fourth-order valence-corrected chi connectivity index (χ4v) is 2.33. The van der Waals surface area contributed by atoms with Gasteiger partial charge in [-0.1, -0.05) is 17.7 Å². The molecule has 2 aromatic rings. The minimum absolute atomic E-state index is 0. The monoisotopic (exact) mass is 299 g/mol. The number of aromatic carboxylic acids is 1. The number of hydrogen-bond donors (Lipinski definition) is 0. The number of carbonyl (C=O) groups is 1. The van der Waals surface area contributed by atoms with Gasteiger partial charge in [0.05, 0.1) is 11.5 Å². The molecule has 0 radical (unpaired) electrons. The molecule has 4 nitrogen and oxygen atoms in total. The second-order valence-electron chi connectivity index (χ2n) is 4.21. The smallest absolute Gasteiger partial charge is 0.545 e. The van der Waals surface area contributed by atoms with Gasteiger partial charge in [0, 0.05) is 28.2 Å². The molecule has 0 spiro atoms. The van der Waals surface area contributed by atoms with Crippen LogP contribution in [-0.4, -0.2) is 10.5 Å². The number of aryl methyl sites for hydroxylation is 1. The Morgan fingerprint density at radius 1 is 1.25 bits per heavy atom. The van der Waals surface area contributed by atoms with Crippen molar-refractivity contribution in [2.24, 2.45) is 0 Å². The molecule has 0 bridgehead atoms. The normalized spacial score (nSPS) is 9.95. The van der Waals surface area contributed by atoms with Crippen molar-refractivity contribution < 1.29 is 39.5 Å². The largest absolute Gasteiger partial charge is 1.00 e. The molecule has 0 aliphatic carbocycles.